The number of hydrogen-bond donors (Lipinski definition) is 1. The Bertz CT molecular complexity index is 222. The van der Waals surface area contributed by atoms with Crippen molar-refractivity contribution in [2.45, 2.75) is 65.0 Å². The van der Waals surface area contributed by atoms with Gasteiger partial charge in [0.2, 0.25) is 5.91 Å². The van der Waals surface area contributed by atoms with Gasteiger partial charge in [-0.15, -0.1) is 0 Å². The van der Waals surface area contributed by atoms with Crippen LogP contribution < -0.4 is 5.73 Å². The molecule has 2 N–H and O–H groups in total. The van der Waals surface area contributed by atoms with Crippen molar-refractivity contribution in [3.8, 4) is 0 Å². The third-order valence-electron chi connectivity index (χ3n) is 3.49. The maximum atomic E-state index is 11.5. The number of nitrogens with two attached hydrogens (primary N) is 1. The monoisotopic (exact) mass is 226 g/mol. The molecule has 0 spiro atoms. The van der Waals surface area contributed by atoms with Crippen LogP contribution in [0.1, 0.15) is 52.9 Å². The van der Waals surface area contributed by atoms with E-state index in [-0.39, 0.29) is 11.9 Å². The molecule has 0 bridgehead atoms. The topological polar surface area (TPSA) is 46.3 Å². The van der Waals surface area contributed by atoms with Gasteiger partial charge in [0.15, 0.2) is 0 Å². The zero-order valence-corrected chi connectivity index (χ0v) is 10.9. The summed E-state index contributed by atoms with van der Waals surface area (Å²) in [5, 5.41) is 0. The number of amides is 1. The summed E-state index contributed by atoms with van der Waals surface area (Å²) in [6, 6.07) is 0.519. The van der Waals surface area contributed by atoms with Crippen molar-refractivity contribution in [3.05, 3.63) is 0 Å². The first-order chi connectivity index (χ1) is 7.56. The van der Waals surface area contributed by atoms with Crippen LogP contribution in [0, 0.1) is 5.92 Å². The van der Waals surface area contributed by atoms with E-state index in [0.717, 1.165) is 13.0 Å². The van der Waals surface area contributed by atoms with Gasteiger partial charge in [-0.3, -0.25) is 9.69 Å². The average Bonchev–Trinajstić information content (AvgIpc) is 2.68. The summed E-state index contributed by atoms with van der Waals surface area (Å²) < 4.78 is 0. The van der Waals surface area contributed by atoms with Crippen LogP contribution in [0.25, 0.3) is 0 Å². The first-order valence-corrected chi connectivity index (χ1v) is 6.61. The lowest BCUT2D eigenvalue weighted by Crippen LogP contribution is -2.50. The van der Waals surface area contributed by atoms with Crippen LogP contribution >= 0.6 is 0 Å². The molecular formula is C13H26N2O. The van der Waals surface area contributed by atoms with Crippen molar-refractivity contribution < 1.29 is 4.79 Å². The highest BCUT2D eigenvalue weighted by Crippen LogP contribution is 2.26. The molecule has 0 aromatic heterocycles. The molecule has 0 aliphatic heterocycles. The van der Waals surface area contributed by atoms with E-state index in [1.807, 2.05) is 0 Å². The summed E-state index contributed by atoms with van der Waals surface area (Å²) in [5.41, 5.74) is 5.51. The zero-order chi connectivity index (χ0) is 12.1. The summed E-state index contributed by atoms with van der Waals surface area (Å²) in [7, 11) is 0. The van der Waals surface area contributed by atoms with E-state index >= 15 is 0 Å². The molecule has 1 saturated carbocycles. The molecule has 1 unspecified atom stereocenters. The van der Waals surface area contributed by atoms with E-state index in [0.29, 0.717) is 12.0 Å². The maximum Gasteiger partial charge on any atom is 0.234 e. The van der Waals surface area contributed by atoms with Crippen LogP contribution in [0.5, 0.6) is 0 Å². The summed E-state index contributed by atoms with van der Waals surface area (Å²) >= 11 is 0. The SMILES string of the molecule is CCC(C(N)=O)N(CC(C)C)C1CCCC1. The second kappa shape index (κ2) is 6.24. The molecule has 3 nitrogen and oxygen atoms in total. The van der Waals surface area contributed by atoms with E-state index < -0.39 is 0 Å². The number of nitrogens with zero attached hydrogens (tertiary/aromatic N) is 1. The molecule has 0 aromatic rings. The Balaban J connectivity index is 2.71. The van der Waals surface area contributed by atoms with Crippen molar-refractivity contribution in [2.24, 2.45) is 11.7 Å². The second-order valence-corrected chi connectivity index (χ2v) is 5.36. The third-order valence-corrected chi connectivity index (χ3v) is 3.49. The molecule has 1 atom stereocenters. The lowest BCUT2D eigenvalue weighted by Gasteiger charge is -2.35. The fourth-order valence-electron chi connectivity index (χ4n) is 2.79. The lowest BCUT2D eigenvalue weighted by molar-refractivity contribution is -0.124. The third kappa shape index (κ3) is 3.48. The van der Waals surface area contributed by atoms with Gasteiger partial charge in [-0.2, -0.15) is 0 Å². The van der Waals surface area contributed by atoms with E-state index in [1.54, 1.807) is 0 Å². The Kier molecular flexibility index (Phi) is 5.26. The largest absolute Gasteiger partial charge is 0.368 e. The smallest absolute Gasteiger partial charge is 0.234 e. The van der Waals surface area contributed by atoms with E-state index in [4.69, 9.17) is 5.73 Å². The average molecular weight is 226 g/mol. The van der Waals surface area contributed by atoms with Crippen molar-refractivity contribution in [1.29, 1.82) is 0 Å². The molecule has 1 amide bonds. The van der Waals surface area contributed by atoms with Gasteiger partial charge in [-0.05, 0) is 25.2 Å². The van der Waals surface area contributed by atoms with Gasteiger partial charge in [0, 0.05) is 12.6 Å². The molecule has 0 heterocycles. The zero-order valence-electron chi connectivity index (χ0n) is 10.9. The van der Waals surface area contributed by atoms with E-state index in [1.165, 1.54) is 25.7 Å². The number of carbonyl (C=O) groups excluding carboxylic acids is 1. The fraction of sp³-hybridized carbons (Fsp3) is 0.923. The fourth-order valence-corrected chi connectivity index (χ4v) is 2.79. The van der Waals surface area contributed by atoms with Gasteiger partial charge in [0.1, 0.15) is 0 Å². The van der Waals surface area contributed by atoms with Gasteiger partial charge < -0.3 is 5.73 Å². The highest BCUT2D eigenvalue weighted by molar-refractivity contribution is 5.79. The molecule has 3 heteroatoms. The van der Waals surface area contributed by atoms with Crippen molar-refractivity contribution in [2.75, 3.05) is 6.54 Å². The first-order valence-electron chi connectivity index (χ1n) is 6.61. The molecule has 16 heavy (non-hydrogen) atoms. The minimum atomic E-state index is -0.157. The predicted octanol–water partition coefficient (Wildman–Crippen LogP) is 2.15. The van der Waals surface area contributed by atoms with E-state index in [9.17, 15) is 4.79 Å². The molecule has 0 saturated heterocycles. The summed E-state index contributed by atoms with van der Waals surface area (Å²) in [5.74, 6) is 0.434. The van der Waals surface area contributed by atoms with Crippen LogP contribution in [0.4, 0.5) is 0 Å². The lowest BCUT2D eigenvalue weighted by atomic mass is 10.0. The minimum absolute atomic E-state index is 0.0644. The van der Waals surface area contributed by atoms with Gasteiger partial charge in [0.25, 0.3) is 0 Å². The second-order valence-electron chi connectivity index (χ2n) is 5.36. The van der Waals surface area contributed by atoms with Crippen molar-refractivity contribution in [1.82, 2.24) is 4.90 Å². The van der Waals surface area contributed by atoms with Gasteiger partial charge in [-0.25, -0.2) is 0 Å². The molecule has 1 aliphatic rings. The highest BCUT2D eigenvalue weighted by Gasteiger charge is 2.30. The number of primary amides is 1. The molecule has 0 aromatic carbocycles. The van der Waals surface area contributed by atoms with Crippen LogP contribution in [-0.2, 0) is 4.79 Å². The van der Waals surface area contributed by atoms with Crippen molar-refractivity contribution in [3.63, 3.8) is 0 Å². The Hall–Kier alpha value is -0.570. The normalized spacial score (nSPS) is 19.6. The molecular weight excluding hydrogens is 200 g/mol. The Morgan fingerprint density at radius 1 is 1.38 bits per heavy atom. The number of rotatable bonds is 6. The van der Waals surface area contributed by atoms with E-state index in [2.05, 4.69) is 25.7 Å². The Labute approximate surface area is 99.4 Å². The standard InChI is InChI=1S/C13H26N2O/c1-4-12(13(14)16)15(9-10(2)3)11-7-5-6-8-11/h10-12H,4-9H2,1-3H3,(H2,14,16). The van der Waals surface area contributed by atoms with Gasteiger partial charge in [0.05, 0.1) is 6.04 Å². The summed E-state index contributed by atoms with van der Waals surface area (Å²) in [4.78, 5) is 13.9. The van der Waals surface area contributed by atoms with Crippen LogP contribution in [0.3, 0.4) is 0 Å². The predicted molar refractivity (Wildman–Crippen MR) is 67.1 cm³/mol. The molecule has 1 rings (SSSR count). The van der Waals surface area contributed by atoms with Crippen LogP contribution in [-0.4, -0.2) is 29.4 Å². The minimum Gasteiger partial charge on any atom is -0.368 e. The Morgan fingerprint density at radius 3 is 2.31 bits per heavy atom. The Morgan fingerprint density at radius 2 is 1.94 bits per heavy atom. The molecule has 1 aliphatic carbocycles. The highest BCUT2D eigenvalue weighted by atomic mass is 16.1. The quantitative estimate of drug-likeness (QED) is 0.754. The van der Waals surface area contributed by atoms with Crippen LogP contribution in [0.15, 0.2) is 0 Å². The number of hydrogen-bond acceptors (Lipinski definition) is 2. The van der Waals surface area contributed by atoms with Crippen LogP contribution in [0.2, 0.25) is 0 Å². The maximum absolute atomic E-state index is 11.5. The van der Waals surface area contributed by atoms with Crippen molar-refractivity contribution >= 4 is 5.91 Å². The molecule has 0 radical (unpaired) electrons. The van der Waals surface area contributed by atoms with Gasteiger partial charge >= 0.3 is 0 Å². The number of carbonyl (C=O) groups is 1. The summed E-state index contributed by atoms with van der Waals surface area (Å²) in [6.45, 7) is 7.45. The molecule has 1 fully saturated rings. The molecule has 94 valence electrons. The first kappa shape index (κ1) is 13.5. The summed E-state index contributed by atoms with van der Waals surface area (Å²) in [6.07, 6.45) is 5.90. The van der Waals surface area contributed by atoms with Gasteiger partial charge in [-0.1, -0.05) is 33.6 Å².